The summed E-state index contributed by atoms with van der Waals surface area (Å²) in [7, 11) is 0. The molecule has 0 bridgehead atoms. The highest BCUT2D eigenvalue weighted by Gasteiger charge is 2.45. The highest BCUT2D eigenvalue weighted by Crippen LogP contribution is 2.39. The van der Waals surface area contributed by atoms with Gasteiger partial charge in [0.25, 0.3) is 0 Å². The van der Waals surface area contributed by atoms with E-state index in [1.165, 1.54) is 0 Å². The zero-order valence-corrected chi connectivity index (χ0v) is 7.12. The highest BCUT2D eigenvalue weighted by molar-refractivity contribution is 5.55. The molecule has 0 aromatic heterocycles. The summed E-state index contributed by atoms with van der Waals surface area (Å²) < 4.78 is 11.1. The first kappa shape index (κ1) is 8.20. The topological polar surface area (TPSA) is 35.5 Å². The molecule has 0 aromatic carbocycles. The van der Waals surface area contributed by atoms with Crippen molar-refractivity contribution >= 4 is 6.29 Å². The van der Waals surface area contributed by atoms with Crippen LogP contribution in [0.3, 0.4) is 0 Å². The summed E-state index contributed by atoms with van der Waals surface area (Å²) in [5.74, 6) is -0.561. The molecule has 1 aliphatic heterocycles. The summed E-state index contributed by atoms with van der Waals surface area (Å²) in [5, 5.41) is 0. The van der Waals surface area contributed by atoms with Gasteiger partial charge in [-0.25, -0.2) is 0 Å². The molecule has 2 fully saturated rings. The summed E-state index contributed by atoms with van der Waals surface area (Å²) in [5.41, 5.74) is 0. The molecule has 1 aliphatic carbocycles. The number of rotatable bonds is 1. The maximum Gasteiger partial charge on any atom is 0.177 e. The second-order valence-corrected chi connectivity index (χ2v) is 3.50. The first-order chi connectivity index (χ1) is 5.87. The van der Waals surface area contributed by atoms with Gasteiger partial charge in [0.1, 0.15) is 6.29 Å². The zero-order valence-electron chi connectivity index (χ0n) is 7.12. The Morgan fingerprint density at radius 1 is 1.25 bits per heavy atom. The summed E-state index contributed by atoms with van der Waals surface area (Å²) in [6.45, 7) is 1.29. The SMILES string of the molecule is O=C[C@@H]1CCCCC12OCCO2. The van der Waals surface area contributed by atoms with Crippen molar-refractivity contribution in [2.45, 2.75) is 31.5 Å². The summed E-state index contributed by atoms with van der Waals surface area (Å²) in [4.78, 5) is 10.8. The van der Waals surface area contributed by atoms with Crippen LogP contribution in [0.2, 0.25) is 0 Å². The van der Waals surface area contributed by atoms with Crippen LogP contribution in [-0.2, 0) is 14.3 Å². The van der Waals surface area contributed by atoms with Gasteiger partial charge in [-0.15, -0.1) is 0 Å². The number of ether oxygens (including phenoxy) is 2. The fraction of sp³-hybridized carbons (Fsp3) is 0.889. The molecule has 12 heavy (non-hydrogen) atoms. The van der Waals surface area contributed by atoms with Crippen molar-refractivity contribution in [3.8, 4) is 0 Å². The molecule has 0 N–H and O–H groups in total. The van der Waals surface area contributed by atoms with Crippen LogP contribution in [0, 0.1) is 5.92 Å². The normalized spacial score (nSPS) is 33.8. The monoisotopic (exact) mass is 170 g/mol. The molecule has 0 radical (unpaired) electrons. The Hall–Kier alpha value is -0.410. The van der Waals surface area contributed by atoms with Crippen molar-refractivity contribution in [2.75, 3.05) is 13.2 Å². The average molecular weight is 170 g/mol. The minimum absolute atomic E-state index is 0.0336. The van der Waals surface area contributed by atoms with Gasteiger partial charge in [0.15, 0.2) is 5.79 Å². The van der Waals surface area contributed by atoms with Gasteiger partial charge in [-0.1, -0.05) is 6.42 Å². The Balaban J connectivity index is 2.12. The van der Waals surface area contributed by atoms with Crippen molar-refractivity contribution in [3.05, 3.63) is 0 Å². The summed E-state index contributed by atoms with van der Waals surface area (Å²) >= 11 is 0. The van der Waals surface area contributed by atoms with E-state index in [9.17, 15) is 4.79 Å². The van der Waals surface area contributed by atoms with Gasteiger partial charge in [-0.3, -0.25) is 0 Å². The molecule has 1 heterocycles. The lowest BCUT2D eigenvalue weighted by Gasteiger charge is -2.36. The predicted octanol–water partition coefficient (Wildman–Crippen LogP) is 1.12. The lowest BCUT2D eigenvalue weighted by Crippen LogP contribution is -2.42. The zero-order chi connectivity index (χ0) is 8.44. The molecule has 0 unspecified atom stereocenters. The van der Waals surface area contributed by atoms with Crippen LogP contribution in [0.5, 0.6) is 0 Å². The minimum Gasteiger partial charge on any atom is -0.347 e. The molecular weight excluding hydrogens is 156 g/mol. The smallest absolute Gasteiger partial charge is 0.177 e. The van der Waals surface area contributed by atoms with Crippen molar-refractivity contribution in [1.29, 1.82) is 0 Å². The quantitative estimate of drug-likeness (QED) is 0.553. The molecule has 3 heteroatoms. The van der Waals surface area contributed by atoms with Crippen molar-refractivity contribution in [3.63, 3.8) is 0 Å². The number of carbonyl (C=O) groups excluding carboxylic acids is 1. The maximum atomic E-state index is 10.8. The number of aldehydes is 1. The third kappa shape index (κ3) is 1.17. The van der Waals surface area contributed by atoms with E-state index in [0.29, 0.717) is 13.2 Å². The highest BCUT2D eigenvalue weighted by atomic mass is 16.7. The van der Waals surface area contributed by atoms with Crippen LogP contribution >= 0.6 is 0 Å². The molecule has 0 amide bonds. The van der Waals surface area contributed by atoms with E-state index in [1.54, 1.807) is 0 Å². The summed E-state index contributed by atoms with van der Waals surface area (Å²) in [6, 6.07) is 0. The van der Waals surface area contributed by atoms with E-state index in [1.807, 2.05) is 0 Å². The van der Waals surface area contributed by atoms with Gasteiger partial charge in [0.05, 0.1) is 19.1 Å². The van der Waals surface area contributed by atoms with E-state index < -0.39 is 5.79 Å². The molecule has 1 atom stereocenters. The van der Waals surface area contributed by atoms with Gasteiger partial charge in [-0.05, 0) is 12.8 Å². The lowest BCUT2D eigenvalue weighted by atomic mass is 9.84. The van der Waals surface area contributed by atoms with E-state index in [4.69, 9.17) is 9.47 Å². The number of hydrogen-bond donors (Lipinski definition) is 0. The second kappa shape index (κ2) is 3.15. The number of carbonyl (C=O) groups is 1. The van der Waals surface area contributed by atoms with Gasteiger partial charge < -0.3 is 14.3 Å². The van der Waals surface area contributed by atoms with Crippen LogP contribution in [0.15, 0.2) is 0 Å². The molecule has 68 valence electrons. The maximum absolute atomic E-state index is 10.8. The fourth-order valence-corrected chi connectivity index (χ4v) is 2.14. The van der Waals surface area contributed by atoms with E-state index >= 15 is 0 Å². The summed E-state index contributed by atoms with van der Waals surface area (Å²) in [6.07, 6.45) is 5.03. The van der Waals surface area contributed by atoms with Crippen LogP contribution in [0.4, 0.5) is 0 Å². The largest absolute Gasteiger partial charge is 0.347 e. The predicted molar refractivity (Wildman–Crippen MR) is 42.7 cm³/mol. The van der Waals surface area contributed by atoms with Crippen molar-refractivity contribution in [1.82, 2.24) is 0 Å². The van der Waals surface area contributed by atoms with Gasteiger partial charge in [0, 0.05) is 6.42 Å². The Morgan fingerprint density at radius 2 is 2.00 bits per heavy atom. The van der Waals surface area contributed by atoms with Crippen molar-refractivity contribution in [2.24, 2.45) is 5.92 Å². The molecule has 1 saturated heterocycles. The third-order valence-corrected chi connectivity index (χ3v) is 2.80. The molecular formula is C9H14O3. The van der Waals surface area contributed by atoms with E-state index in [2.05, 4.69) is 0 Å². The molecule has 3 nitrogen and oxygen atoms in total. The van der Waals surface area contributed by atoms with E-state index in [0.717, 1.165) is 32.0 Å². The molecule has 2 rings (SSSR count). The minimum atomic E-state index is -0.528. The molecule has 1 spiro atoms. The van der Waals surface area contributed by atoms with Crippen LogP contribution in [0.1, 0.15) is 25.7 Å². The Labute approximate surface area is 72.0 Å². The molecule has 0 aromatic rings. The molecule has 2 aliphatic rings. The Bertz CT molecular complexity index is 173. The third-order valence-electron chi connectivity index (χ3n) is 2.80. The van der Waals surface area contributed by atoms with Crippen LogP contribution < -0.4 is 0 Å². The van der Waals surface area contributed by atoms with Crippen LogP contribution in [-0.4, -0.2) is 25.3 Å². The number of hydrogen-bond acceptors (Lipinski definition) is 3. The fourth-order valence-electron chi connectivity index (χ4n) is 2.14. The molecule has 1 saturated carbocycles. The first-order valence-electron chi connectivity index (χ1n) is 4.61. The van der Waals surface area contributed by atoms with Crippen LogP contribution in [0.25, 0.3) is 0 Å². The second-order valence-electron chi connectivity index (χ2n) is 3.50. The van der Waals surface area contributed by atoms with Crippen molar-refractivity contribution < 1.29 is 14.3 Å². The lowest BCUT2D eigenvalue weighted by molar-refractivity contribution is -0.206. The Morgan fingerprint density at radius 3 is 2.67 bits per heavy atom. The van der Waals surface area contributed by atoms with E-state index in [-0.39, 0.29) is 5.92 Å². The van der Waals surface area contributed by atoms with Gasteiger partial charge in [0.2, 0.25) is 0 Å². The average Bonchev–Trinajstić information content (AvgIpc) is 2.55. The Kier molecular flexibility index (Phi) is 2.15. The van der Waals surface area contributed by atoms with Gasteiger partial charge >= 0.3 is 0 Å². The first-order valence-corrected chi connectivity index (χ1v) is 4.61. The standard InChI is InChI=1S/C9H14O3/c10-7-8-3-1-2-4-9(8)11-5-6-12-9/h7-8H,1-6H2/t8-/m0/s1. The van der Waals surface area contributed by atoms with Gasteiger partial charge in [-0.2, -0.15) is 0 Å².